The summed E-state index contributed by atoms with van der Waals surface area (Å²) < 4.78 is 17.2. The van der Waals surface area contributed by atoms with Gasteiger partial charge in [0.25, 0.3) is 0 Å². The summed E-state index contributed by atoms with van der Waals surface area (Å²) >= 11 is 2.27. The fraction of sp³-hybridized carbons (Fsp3) is 0.571. The molecule has 0 bridgehead atoms. The van der Waals surface area contributed by atoms with E-state index in [0.717, 1.165) is 31.9 Å². The molecule has 5 heteroatoms. The topological polar surface area (TPSA) is 39.7 Å². The van der Waals surface area contributed by atoms with Gasteiger partial charge in [-0.25, -0.2) is 0 Å². The van der Waals surface area contributed by atoms with Gasteiger partial charge in [-0.2, -0.15) is 0 Å². The first-order chi connectivity index (χ1) is 9.33. The Morgan fingerprint density at radius 2 is 1.79 bits per heavy atom. The van der Waals surface area contributed by atoms with Crippen LogP contribution in [0.5, 0.6) is 5.75 Å². The molecule has 0 unspecified atom stereocenters. The van der Waals surface area contributed by atoms with Crippen molar-refractivity contribution < 1.29 is 14.2 Å². The van der Waals surface area contributed by atoms with Crippen LogP contribution < -0.4 is 10.1 Å². The van der Waals surface area contributed by atoms with Gasteiger partial charge in [0.05, 0.1) is 13.2 Å². The Morgan fingerprint density at radius 1 is 1.00 bits per heavy atom. The van der Waals surface area contributed by atoms with E-state index in [-0.39, 0.29) is 0 Å². The Kier molecular flexibility index (Phi) is 10.1. The lowest BCUT2D eigenvalue weighted by molar-refractivity contribution is 0.101. The van der Waals surface area contributed by atoms with E-state index >= 15 is 0 Å². The van der Waals surface area contributed by atoms with Crippen LogP contribution in [-0.2, 0) is 9.47 Å². The molecule has 1 N–H and O–H groups in total. The van der Waals surface area contributed by atoms with E-state index in [0.29, 0.717) is 19.8 Å². The monoisotopic (exact) mass is 379 g/mol. The van der Waals surface area contributed by atoms with Gasteiger partial charge < -0.3 is 19.5 Å². The molecule has 0 fully saturated rings. The maximum atomic E-state index is 5.56. The van der Waals surface area contributed by atoms with E-state index in [4.69, 9.17) is 14.2 Å². The van der Waals surface area contributed by atoms with Gasteiger partial charge in [0.15, 0.2) is 0 Å². The lowest BCUT2D eigenvalue weighted by atomic mass is 10.3. The predicted octanol–water partition coefficient (Wildman–Crippen LogP) is 2.31. The summed E-state index contributed by atoms with van der Waals surface area (Å²) in [6.45, 7) is 4.56. The van der Waals surface area contributed by atoms with Crippen molar-refractivity contribution in [2.24, 2.45) is 0 Å². The van der Waals surface area contributed by atoms with Crippen molar-refractivity contribution >= 4 is 22.6 Å². The van der Waals surface area contributed by atoms with Crippen LogP contribution in [0.15, 0.2) is 24.3 Å². The van der Waals surface area contributed by atoms with Crippen molar-refractivity contribution in [2.45, 2.75) is 6.42 Å². The van der Waals surface area contributed by atoms with Crippen molar-refractivity contribution in [2.75, 3.05) is 46.6 Å². The van der Waals surface area contributed by atoms with Crippen LogP contribution in [0.1, 0.15) is 6.42 Å². The highest BCUT2D eigenvalue weighted by Crippen LogP contribution is 2.13. The van der Waals surface area contributed by atoms with Gasteiger partial charge in [-0.3, -0.25) is 0 Å². The Morgan fingerprint density at radius 3 is 2.53 bits per heavy atom. The van der Waals surface area contributed by atoms with Gasteiger partial charge in [0.2, 0.25) is 0 Å². The lowest BCUT2D eigenvalue weighted by Gasteiger charge is -2.08. The van der Waals surface area contributed by atoms with Gasteiger partial charge in [0.1, 0.15) is 12.4 Å². The minimum Gasteiger partial charge on any atom is -0.491 e. The second-order valence-electron chi connectivity index (χ2n) is 4.01. The second-order valence-corrected chi connectivity index (χ2v) is 5.26. The number of nitrogens with one attached hydrogen (secondary N) is 1. The summed E-state index contributed by atoms with van der Waals surface area (Å²) in [7, 11) is 1.72. The molecule has 0 spiro atoms. The molecule has 19 heavy (non-hydrogen) atoms. The number of hydrogen-bond donors (Lipinski definition) is 1. The first-order valence-electron chi connectivity index (χ1n) is 6.48. The van der Waals surface area contributed by atoms with Crippen LogP contribution in [0.3, 0.4) is 0 Å². The third kappa shape index (κ3) is 9.21. The Hall–Kier alpha value is -0.370. The molecule has 1 rings (SSSR count). The van der Waals surface area contributed by atoms with Crippen molar-refractivity contribution in [3.63, 3.8) is 0 Å². The number of ether oxygens (including phenoxy) is 3. The van der Waals surface area contributed by atoms with E-state index in [9.17, 15) is 0 Å². The molecule has 0 atom stereocenters. The molecule has 0 aliphatic heterocycles. The van der Waals surface area contributed by atoms with Crippen molar-refractivity contribution in [3.8, 4) is 5.75 Å². The standard InChI is InChI=1S/C14H22INO3/c1-17-9-2-7-16-8-10-18-11-12-19-14-5-3-13(15)4-6-14/h3-6,16H,2,7-12H2,1H3. The average molecular weight is 379 g/mol. The summed E-state index contributed by atoms with van der Waals surface area (Å²) in [4.78, 5) is 0. The SMILES string of the molecule is COCCCNCCOCCOc1ccc(I)cc1. The third-order valence-electron chi connectivity index (χ3n) is 2.44. The molecule has 0 amide bonds. The van der Waals surface area contributed by atoms with Crippen molar-refractivity contribution in [1.82, 2.24) is 5.32 Å². The molecule has 108 valence electrons. The fourth-order valence-electron chi connectivity index (χ4n) is 1.46. The highest BCUT2D eigenvalue weighted by molar-refractivity contribution is 14.1. The molecule has 4 nitrogen and oxygen atoms in total. The first-order valence-corrected chi connectivity index (χ1v) is 7.56. The van der Waals surface area contributed by atoms with Crippen molar-refractivity contribution in [3.05, 3.63) is 27.8 Å². The molecule has 0 saturated heterocycles. The van der Waals surface area contributed by atoms with Crippen molar-refractivity contribution in [1.29, 1.82) is 0 Å². The summed E-state index contributed by atoms with van der Waals surface area (Å²) in [5.41, 5.74) is 0. The molecule has 0 heterocycles. The first kappa shape index (κ1) is 16.7. The Balaban J connectivity index is 1.87. The Bertz CT molecular complexity index is 319. The number of methoxy groups -OCH3 is 1. The minimum absolute atomic E-state index is 0.588. The third-order valence-corrected chi connectivity index (χ3v) is 3.15. The van der Waals surface area contributed by atoms with Gasteiger partial charge in [0, 0.05) is 23.8 Å². The van der Waals surface area contributed by atoms with E-state index in [1.54, 1.807) is 7.11 Å². The summed E-state index contributed by atoms with van der Waals surface area (Å²) in [5.74, 6) is 0.890. The van der Waals surface area contributed by atoms with Crippen LogP contribution in [0.2, 0.25) is 0 Å². The summed E-state index contributed by atoms with van der Waals surface area (Å²) in [5, 5.41) is 3.29. The molecule has 1 aromatic carbocycles. The molecular weight excluding hydrogens is 357 g/mol. The quantitative estimate of drug-likeness (QED) is 0.473. The average Bonchev–Trinajstić information content (AvgIpc) is 2.43. The van der Waals surface area contributed by atoms with Crippen LogP contribution in [0.4, 0.5) is 0 Å². The van der Waals surface area contributed by atoms with E-state index < -0.39 is 0 Å². The summed E-state index contributed by atoms with van der Waals surface area (Å²) in [6.07, 6.45) is 1.03. The van der Waals surface area contributed by atoms with Crippen LogP contribution in [0.25, 0.3) is 0 Å². The maximum absolute atomic E-state index is 5.56. The normalized spacial score (nSPS) is 10.6. The van der Waals surface area contributed by atoms with Gasteiger partial charge in [-0.15, -0.1) is 0 Å². The molecule has 0 radical (unpaired) electrons. The van der Waals surface area contributed by atoms with Crippen LogP contribution >= 0.6 is 22.6 Å². The molecule has 0 aliphatic rings. The molecule has 0 aliphatic carbocycles. The fourth-order valence-corrected chi connectivity index (χ4v) is 1.82. The molecule has 0 aromatic heterocycles. The number of rotatable bonds is 11. The predicted molar refractivity (Wildman–Crippen MR) is 84.8 cm³/mol. The van der Waals surface area contributed by atoms with Gasteiger partial charge in [-0.05, 0) is 59.8 Å². The van der Waals surface area contributed by atoms with E-state index in [1.807, 2.05) is 24.3 Å². The van der Waals surface area contributed by atoms with Crippen LogP contribution in [0, 0.1) is 3.57 Å². The van der Waals surface area contributed by atoms with E-state index in [1.165, 1.54) is 3.57 Å². The van der Waals surface area contributed by atoms with Gasteiger partial charge in [-0.1, -0.05) is 0 Å². The highest BCUT2D eigenvalue weighted by atomic mass is 127. The maximum Gasteiger partial charge on any atom is 0.119 e. The molecule has 0 saturated carbocycles. The largest absolute Gasteiger partial charge is 0.491 e. The zero-order chi connectivity index (χ0) is 13.8. The van der Waals surface area contributed by atoms with Gasteiger partial charge >= 0.3 is 0 Å². The number of hydrogen-bond acceptors (Lipinski definition) is 4. The highest BCUT2D eigenvalue weighted by Gasteiger charge is 1.94. The zero-order valence-electron chi connectivity index (χ0n) is 11.4. The molecular formula is C14H22INO3. The number of benzene rings is 1. The molecule has 1 aromatic rings. The lowest BCUT2D eigenvalue weighted by Crippen LogP contribution is -2.22. The van der Waals surface area contributed by atoms with Crippen LogP contribution in [-0.4, -0.2) is 46.6 Å². The Labute approximate surface area is 129 Å². The minimum atomic E-state index is 0.588. The smallest absolute Gasteiger partial charge is 0.119 e. The van der Waals surface area contributed by atoms with E-state index in [2.05, 4.69) is 27.9 Å². The second kappa shape index (κ2) is 11.5. The zero-order valence-corrected chi connectivity index (χ0v) is 13.5. The number of halogens is 1. The summed E-state index contributed by atoms with van der Waals surface area (Å²) in [6, 6.07) is 8.00.